The summed E-state index contributed by atoms with van der Waals surface area (Å²) < 4.78 is 0. The van der Waals surface area contributed by atoms with Crippen LogP contribution in [0.3, 0.4) is 0 Å². The predicted octanol–water partition coefficient (Wildman–Crippen LogP) is 3.24. The Morgan fingerprint density at radius 3 is 2.74 bits per heavy atom. The highest BCUT2D eigenvalue weighted by atomic mass is 32.1. The summed E-state index contributed by atoms with van der Waals surface area (Å²) in [6.07, 6.45) is 6.00. The summed E-state index contributed by atoms with van der Waals surface area (Å²) in [6.45, 7) is 6.89. The molecular weight excluding hydrogens is 410 g/mol. The lowest BCUT2D eigenvalue weighted by atomic mass is 10.1. The van der Waals surface area contributed by atoms with Crippen molar-refractivity contribution in [1.29, 1.82) is 0 Å². The molecule has 9 heteroatoms. The largest absolute Gasteiger partial charge is 0.339 e. The van der Waals surface area contributed by atoms with Gasteiger partial charge in [0, 0.05) is 37.8 Å². The van der Waals surface area contributed by atoms with E-state index in [9.17, 15) is 4.79 Å². The van der Waals surface area contributed by atoms with Crippen molar-refractivity contribution in [1.82, 2.24) is 29.9 Å². The molecule has 1 saturated heterocycles. The minimum absolute atomic E-state index is 0.00287. The number of rotatable bonds is 3. The second-order valence-electron chi connectivity index (χ2n) is 7.78. The molecule has 1 aliphatic heterocycles. The highest BCUT2D eigenvalue weighted by molar-refractivity contribution is 7.16. The van der Waals surface area contributed by atoms with Crippen molar-refractivity contribution in [2.45, 2.75) is 20.3 Å². The number of anilines is 1. The summed E-state index contributed by atoms with van der Waals surface area (Å²) in [5, 5.41) is 11.6. The summed E-state index contributed by atoms with van der Waals surface area (Å²) in [7, 11) is 0. The van der Waals surface area contributed by atoms with Crippen molar-refractivity contribution in [3.05, 3.63) is 58.9 Å². The molecule has 1 aliphatic rings. The molecule has 3 aromatic heterocycles. The Kier molecular flexibility index (Phi) is 5.11. The smallest absolute Gasteiger partial charge is 0.256 e. The Bertz CT molecular complexity index is 1230. The van der Waals surface area contributed by atoms with Gasteiger partial charge < -0.3 is 9.80 Å². The molecule has 158 valence electrons. The highest BCUT2D eigenvalue weighted by Gasteiger charge is 2.24. The fourth-order valence-corrected chi connectivity index (χ4v) is 4.79. The number of benzene rings is 1. The van der Waals surface area contributed by atoms with E-state index in [1.165, 1.54) is 10.4 Å². The monoisotopic (exact) mass is 433 g/mol. The second kappa shape index (κ2) is 8.07. The van der Waals surface area contributed by atoms with E-state index in [4.69, 9.17) is 4.98 Å². The van der Waals surface area contributed by atoms with Crippen LogP contribution in [0.5, 0.6) is 0 Å². The first-order valence-electron chi connectivity index (χ1n) is 10.3. The topological polar surface area (TPSA) is 80.0 Å². The number of amides is 1. The van der Waals surface area contributed by atoms with Gasteiger partial charge in [0.05, 0.1) is 23.6 Å². The van der Waals surface area contributed by atoms with Crippen LogP contribution in [0.4, 0.5) is 5.95 Å². The van der Waals surface area contributed by atoms with Gasteiger partial charge >= 0.3 is 0 Å². The minimum atomic E-state index is 0.00287. The molecule has 8 nitrogen and oxygen atoms in total. The average molecular weight is 434 g/mol. The van der Waals surface area contributed by atoms with Gasteiger partial charge in [-0.1, -0.05) is 11.6 Å². The van der Waals surface area contributed by atoms with Gasteiger partial charge in [-0.05, 0) is 43.3 Å². The molecule has 0 saturated carbocycles. The number of hydrogen-bond acceptors (Lipinski definition) is 7. The number of aromatic nitrogens is 5. The average Bonchev–Trinajstić information content (AvgIpc) is 3.37. The molecule has 0 spiro atoms. The third-order valence-electron chi connectivity index (χ3n) is 5.60. The number of aryl methyl sites for hydroxylation is 2. The molecule has 0 unspecified atom stereocenters. The Morgan fingerprint density at radius 1 is 1.06 bits per heavy atom. The van der Waals surface area contributed by atoms with Crippen LogP contribution in [0.1, 0.15) is 27.9 Å². The van der Waals surface area contributed by atoms with Gasteiger partial charge in [0.25, 0.3) is 5.91 Å². The standard InChI is InChI=1S/C22H23N7OS/c1-15-4-5-19(29-24-6-7-25-29)17(12-15)21(30)27-8-3-9-28(11-10-27)22-23-13-18-16(2)14-31-20(18)26-22/h4-7,12-14H,3,8-11H2,1-2H3. The predicted molar refractivity (Wildman–Crippen MR) is 121 cm³/mol. The number of carbonyl (C=O) groups excluding carboxylic acids is 1. The van der Waals surface area contributed by atoms with Crippen LogP contribution >= 0.6 is 11.3 Å². The maximum Gasteiger partial charge on any atom is 0.256 e. The van der Waals surface area contributed by atoms with Gasteiger partial charge in [0.15, 0.2) is 0 Å². The molecule has 4 heterocycles. The number of carbonyl (C=O) groups is 1. The summed E-state index contributed by atoms with van der Waals surface area (Å²) in [5.41, 5.74) is 3.56. The van der Waals surface area contributed by atoms with Gasteiger partial charge in [0.1, 0.15) is 4.83 Å². The molecule has 0 N–H and O–H groups in total. The first-order chi connectivity index (χ1) is 15.1. The number of fused-ring (bicyclic) bond motifs is 1. The van der Waals surface area contributed by atoms with Gasteiger partial charge in [-0.2, -0.15) is 15.0 Å². The van der Waals surface area contributed by atoms with Gasteiger partial charge in [-0.25, -0.2) is 9.97 Å². The molecule has 1 fully saturated rings. The number of nitrogens with zero attached hydrogens (tertiary/aromatic N) is 7. The van der Waals surface area contributed by atoms with E-state index in [2.05, 4.69) is 32.4 Å². The zero-order valence-corrected chi connectivity index (χ0v) is 18.3. The van der Waals surface area contributed by atoms with E-state index in [1.54, 1.807) is 23.7 Å². The lowest BCUT2D eigenvalue weighted by molar-refractivity contribution is 0.0766. The van der Waals surface area contributed by atoms with Crippen LogP contribution in [0.25, 0.3) is 15.9 Å². The third-order valence-corrected chi connectivity index (χ3v) is 6.60. The quantitative estimate of drug-likeness (QED) is 0.493. The normalized spacial score (nSPS) is 14.8. The van der Waals surface area contributed by atoms with Crippen LogP contribution in [0, 0.1) is 13.8 Å². The SMILES string of the molecule is Cc1ccc(-n2nccn2)c(C(=O)N2CCCN(c3ncc4c(C)csc4n3)CC2)c1. The molecule has 31 heavy (non-hydrogen) atoms. The molecule has 1 amide bonds. The first kappa shape index (κ1) is 19.6. The second-order valence-corrected chi connectivity index (χ2v) is 8.64. The maximum atomic E-state index is 13.5. The fraction of sp³-hybridized carbons (Fsp3) is 0.318. The molecule has 0 radical (unpaired) electrons. The summed E-state index contributed by atoms with van der Waals surface area (Å²) in [4.78, 5) is 29.4. The zero-order chi connectivity index (χ0) is 21.4. The van der Waals surface area contributed by atoms with Crippen LogP contribution in [-0.4, -0.2) is 61.9 Å². The maximum absolute atomic E-state index is 13.5. The van der Waals surface area contributed by atoms with Gasteiger partial charge in [-0.15, -0.1) is 11.3 Å². The van der Waals surface area contributed by atoms with Crippen molar-refractivity contribution in [3.8, 4) is 5.69 Å². The first-order valence-corrected chi connectivity index (χ1v) is 11.2. The van der Waals surface area contributed by atoms with Crippen molar-refractivity contribution in [2.75, 3.05) is 31.1 Å². The molecule has 4 aromatic rings. The van der Waals surface area contributed by atoms with Crippen LogP contribution in [-0.2, 0) is 0 Å². The van der Waals surface area contributed by atoms with Gasteiger partial charge in [0.2, 0.25) is 5.95 Å². The van der Waals surface area contributed by atoms with Gasteiger partial charge in [-0.3, -0.25) is 4.79 Å². The highest BCUT2D eigenvalue weighted by Crippen LogP contribution is 2.25. The Morgan fingerprint density at radius 2 is 1.90 bits per heavy atom. The van der Waals surface area contributed by atoms with E-state index in [1.807, 2.05) is 36.2 Å². The fourth-order valence-electron chi connectivity index (χ4n) is 3.90. The van der Waals surface area contributed by atoms with E-state index >= 15 is 0 Å². The Balaban J connectivity index is 1.37. The lowest BCUT2D eigenvalue weighted by Gasteiger charge is -2.23. The van der Waals surface area contributed by atoms with Crippen molar-refractivity contribution in [3.63, 3.8) is 0 Å². The van der Waals surface area contributed by atoms with Crippen LogP contribution in [0.2, 0.25) is 0 Å². The van der Waals surface area contributed by atoms with Crippen molar-refractivity contribution < 1.29 is 4.79 Å². The zero-order valence-electron chi connectivity index (χ0n) is 17.5. The van der Waals surface area contributed by atoms with Crippen LogP contribution in [0.15, 0.2) is 42.2 Å². The molecule has 0 bridgehead atoms. The molecular formula is C22H23N7OS. The van der Waals surface area contributed by atoms with E-state index < -0.39 is 0 Å². The minimum Gasteiger partial charge on any atom is -0.339 e. The van der Waals surface area contributed by atoms with E-state index in [0.717, 1.165) is 34.7 Å². The summed E-state index contributed by atoms with van der Waals surface area (Å²) >= 11 is 1.65. The van der Waals surface area contributed by atoms with E-state index in [0.29, 0.717) is 30.9 Å². The molecule has 0 aliphatic carbocycles. The number of thiophene rings is 1. The number of hydrogen-bond donors (Lipinski definition) is 0. The Hall–Kier alpha value is -3.33. The summed E-state index contributed by atoms with van der Waals surface area (Å²) in [6, 6.07) is 5.79. The van der Waals surface area contributed by atoms with Crippen LogP contribution < -0.4 is 4.90 Å². The molecule has 1 aromatic carbocycles. The lowest BCUT2D eigenvalue weighted by Crippen LogP contribution is -2.36. The van der Waals surface area contributed by atoms with E-state index in [-0.39, 0.29) is 5.91 Å². The third kappa shape index (κ3) is 3.76. The Labute approximate surface area is 184 Å². The van der Waals surface area contributed by atoms with Crippen molar-refractivity contribution >= 4 is 33.4 Å². The molecule has 0 atom stereocenters. The summed E-state index contributed by atoms with van der Waals surface area (Å²) in [5.74, 6) is 0.740. The van der Waals surface area contributed by atoms with Crippen molar-refractivity contribution in [2.24, 2.45) is 0 Å². The molecule has 5 rings (SSSR count).